The van der Waals surface area contributed by atoms with Crippen LogP contribution in [0.2, 0.25) is 0 Å². The van der Waals surface area contributed by atoms with Gasteiger partial charge < -0.3 is 5.32 Å². The smallest absolute Gasteiger partial charge is 0.353 e. The van der Waals surface area contributed by atoms with E-state index in [1.165, 1.54) is 12.1 Å². The number of nitrogens with one attached hydrogen (secondary N) is 1. The zero-order chi connectivity index (χ0) is 15.6. The van der Waals surface area contributed by atoms with Crippen LogP contribution in [0.25, 0.3) is 0 Å². The molecule has 7 heteroatoms. The van der Waals surface area contributed by atoms with Gasteiger partial charge in [0.1, 0.15) is 11.6 Å². The molecule has 0 aromatic heterocycles. The first kappa shape index (κ1) is 14.8. The summed E-state index contributed by atoms with van der Waals surface area (Å²) in [6.07, 6.45) is -4.84. The van der Waals surface area contributed by atoms with Crippen molar-refractivity contribution < 1.29 is 22.0 Å². The van der Waals surface area contributed by atoms with Crippen molar-refractivity contribution in [3.8, 4) is 6.07 Å². The molecule has 0 aliphatic heterocycles. The van der Waals surface area contributed by atoms with Crippen molar-refractivity contribution in [2.45, 2.75) is 6.18 Å². The summed E-state index contributed by atoms with van der Waals surface area (Å²) >= 11 is 0. The fourth-order valence-corrected chi connectivity index (χ4v) is 1.66. The van der Waals surface area contributed by atoms with Gasteiger partial charge in [-0.2, -0.15) is 18.4 Å². The fraction of sp³-hybridized carbons (Fsp3) is 0.0714. The van der Waals surface area contributed by atoms with Gasteiger partial charge in [-0.15, -0.1) is 0 Å². The molecule has 0 atom stereocenters. The molecule has 0 amide bonds. The van der Waals surface area contributed by atoms with Gasteiger partial charge in [-0.1, -0.05) is 0 Å². The summed E-state index contributed by atoms with van der Waals surface area (Å²) in [6.45, 7) is 0. The number of hydrogen-bond donors (Lipinski definition) is 1. The van der Waals surface area contributed by atoms with E-state index in [1.54, 1.807) is 6.07 Å². The van der Waals surface area contributed by atoms with E-state index in [0.717, 1.165) is 12.1 Å². The van der Waals surface area contributed by atoms with E-state index in [9.17, 15) is 22.0 Å². The predicted octanol–water partition coefficient (Wildman–Crippen LogP) is 4.60. The van der Waals surface area contributed by atoms with Gasteiger partial charge >= 0.3 is 6.18 Å². The summed E-state index contributed by atoms with van der Waals surface area (Å²) in [6, 6.07) is 7.44. The van der Waals surface area contributed by atoms with Gasteiger partial charge in [0.15, 0.2) is 0 Å². The fourth-order valence-electron chi connectivity index (χ4n) is 1.66. The highest BCUT2D eigenvalue weighted by molar-refractivity contribution is 5.62. The van der Waals surface area contributed by atoms with E-state index in [1.807, 2.05) is 0 Å². The SMILES string of the molecule is N#Cc1ccc(Nc2ccc(F)c(C(F)(F)F)c2)c(F)c1. The Kier molecular flexibility index (Phi) is 3.80. The van der Waals surface area contributed by atoms with E-state index < -0.39 is 23.4 Å². The van der Waals surface area contributed by atoms with E-state index in [4.69, 9.17) is 5.26 Å². The van der Waals surface area contributed by atoms with Crippen LogP contribution in [0.3, 0.4) is 0 Å². The summed E-state index contributed by atoms with van der Waals surface area (Å²) in [5.74, 6) is -2.21. The largest absolute Gasteiger partial charge is 0.419 e. The number of halogens is 5. The molecule has 0 bridgehead atoms. The lowest BCUT2D eigenvalue weighted by Crippen LogP contribution is -2.08. The Balaban J connectivity index is 2.35. The van der Waals surface area contributed by atoms with Crippen molar-refractivity contribution in [3.05, 3.63) is 59.2 Å². The molecule has 2 nitrogen and oxygen atoms in total. The summed E-state index contributed by atoms with van der Waals surface area (Å²) < 4.78 is 64.5. The van der Waals surface area contributed by atoms with Gasteiger partial charge in [0.25, 0.3) is 0 Å². The quantitative estimate of drug-likeness (QED) is 0.822. The molecule has 1 N–H and O–H groups in total. The summed E-state index contributed by atoms with van der Waals surface area (Å²) in [7, 11) is 0. The Morgan fingerprint density at radius 2 is 1.67 bits per heavy atom. The molecule has 0 aliphatic rings. The molecule has 0 radical (unpaired) electrons. The van der Waals surface area contributed by atoms with Gasteiger partial charge in [-0.25, -0.2) is 8.78 Å². The second-order valence-corrected chi connectivity index (χ2v) is 4.12. The van der Waals surface area contributed by atoms with Gasteiger partial charge in [0, 0.05) is 5.69 Å². The first-order chi connectivity index (χ1) is 9.81. The normalized spacial score (nSPS) is 11.0. The lowest BCUT2D eigenvalue weighted by molar-refractivity contribution is -0.139. The summed E-state index contributed by atoms with van der Waals surface area (Å²) in [5, 5.41) is 11.0. The summed E-state index contributed by atoms with van der Waals surface area (Å²) in [4.78, 5) is 0. The van der Waals surface area contributed by atoms with E-state index in [0.29, 0.717) is 12.1 Å². The second kappa shape index (κ2) is 5.40. The highest BCUT2D eigenvalue weighted by atomic mass is 19.4. The molecule has 108 valence electrons. The third kappa shape index (κ3) is 3.28. The van der Waals surface area contributed by atoms with E-state index >= 15 is 0 Å². The average Bonchev–Trinajstić information content (AvgIpc) is 2.41. The first-order valence-electron chi connectivity index (χ1n) is 5.64. The van der Waals surface area contributed by atoms with Crippen molar-refractivity contribution in [2.75, 3.05) is 5.32 Å². The molecule has 0 saturated carbocycles. The molecule has 0 unspecified atom stereocenters. The number of benzene rings is 2. The van der Waals surface area contributed by atoms with Crippen LogP contribution in [0, 0.1) is 23.0 Å². The van der Waals surface area contributed by atoms with Crippen LogP contribution in [0.4, 0.5) is 33.3 Å². The highest BCUT2D eigenvalue weighted by Crippen LogP contribution is 2.33. The van der Waals surface area contributed by atoms with Crippen LogP contribution in [-0.4, -0.2) is 0 Å². The van der Waals surface area contributed by atoms with Crippen LogP contribution in [0.1, 0.15) is 11.1 Å². The highest BCUT2D eigenvalue weighted by Gasteiger charge is 2.34. The molecule has 0 spiro atoms. The molecular formula is C14H7F5N2. The number of anilines is 2. The minimum Gasteiger partial charge on any atom is -0.353 e. The standard InChI is InChI=1S/C14H7F5N2/c15-11-3-2-9(6-10(11)14(17,18)19)21-13-4-1-8(7-20)5-12(13)16/h1-6,21H. The van der Waals surface area contributed by atoms with E-state index in [2.05, 4.69) is 5.32 Å². The third-order valence-electron chi connectivity index (χ3n) is 2.65. The third-order valence-corrected chi connectivity index (χ3v) is 2.65. The molecule has 0 aliphatic carbocycles. The molecule has 2 aromatic carbocycles. The molecular weight excluding hydrogens is 291 g/mol. The molecule has 0 saturated heterocycles. The van der Waals surface area contributed by atoms with Crippen LogP contribution >= 0.6 is 0 Å². The molecule has 2 rings (SSSR count). The zero-order valence-electron chi connectivity index (χ0n) is 10.3. The lowest BCUT2D eigenvalue weighted by atomic mass is 10.1. The van der Waals surface area contributed by atoms with Gasteiger partial charge in [0.05, 0.1) is 22.9 Å². The Morgan fingerprint density at radius 3 is 2.24 bits per heavy atom. The van der Waals surface area contributed by atoms with E-state index in [-0.39, 0.29) is 16.9 Å². The van der Waals surface area contributed by atoms with Crippen molar-refractivity contribution in [2.24, 2.45) is 0 Å². The van der Waals surface area contributed by atoms with Crippen LogP contribution in [-0.2, 0) is 6.18 Å². The predicted molar refractivity (Wildman–Crippen MR) is 65.8 cm³/mol. The molecule has 21 heavy (non-hydrogen) atoms. The minimum absolute atomic E-state index is 0.0770. The number of hydrogen-bond acceptors (Lipinski definition) is 2. The van der Waals surface area contributed by atoms with Gasteiger partial charge in [-0.3, -0.25) is 0 Å². The van der Waals surface area contributed by atoms with Gasteiger partial charge in [0.2, 0.25) is 0 Å². The maximum Gasteiger partial charge on any atom is 0.419 e. The zero-order valence-corrected chi connectivity index (χ0v) is 10.3. The lowest BCUT2D eigenvalue weighted by Gasteiger charge is -2.12. The first-order valence-corrected chi connectivity index (χ1v) is 5.64. The maximum absolute atomic E-state index is 13.6. The van der Waals surface area contributed by atoms with Crippen LogP contribution < -0.4 is 5.32 Å². The second-order valence-electron chi connectivity index (χ2n) is 4.12. The van der Waals surface area contributed by atoms with Crippen molar-refractivity contribution in [3.63, 3.8) is 0 Å². The molecule has 2 aromatic rings. The number of nitriles is 1. The molecule has 0 heterocycles. The Bertz CT molecular complexity index is 716. The maximum atomic E-state index is 13.6. The van der Waals surface area contributed by atoms with Crippen LogP contribution in [0.5, 0.6) is 0 Å². The topological polar surface area (TPSA) is 35.8 Å². The van der Waals surface area contributed by atoms with Crippen LogP contribution in [0.15, 0.2) is 36.4 Å². The van der Waals surface area contributed by atoms with Crippen molar-refractivity contribution in [1.82, 2.24) is 0 Å². The monoisotopic (exact) mass is 298 g/mol. The molecule has 0 fully saturated rings. The number of nitrogens with zero attached hydrogens (tertiary/aromatic N) is 1. The Hall–Kier alpha value is -2.62. The Labute approximate surface area is 116 Å². The Morgan fingerprint density at radius 1 is 0.952 bits per heavy atom. The van der Waals surface area contributed by atoms with Crippen molar-refractivity contribution >= 4 is 11.4 Å². The van der Waals surface area contributed by atoms with Gasteiger partial charge in [-0.05, 0) is 36.4 Å². The summed E-state index contributed by atoms with van der Waals surface area (Å²) in [5.41, 5.74) is -1.60. The minimum atomic E-state index is -4.84. The number of alkyl halides is 3. The average molecular weight is 298 g/mol. The number of rotatable bonds is 2. The van der Waals surface area contributed by atoms with Crippen molar-refractivity contribution in [1.29, 1.82) is 5.26 Å².